The molecular formula is C6H8N2O. The van der Waals surface area contributed by atoms with Gasteiger partial charge >= 0.3 is 0 Å². The Labute approximate surface area is 53.4 Å². The molecule has 1 rings (SSSR count). The van der Waals surface area contributed by atoms with E-state index in [1.807, 2.05) is 13.0 Å². The SMILES string of the molecule is Cc1ccnnc1CO. The van der Waals surface area contributed by atoms with Gasteiger partial charge in [-0.15, -0.1) is 0 Å². The highest BCUT2D eigenvalue weighted by Crippen LogP contribution is 1.99. The number of nitrogens with zero attached hydrogens (tertiary/aromatic N) is 2. The van der Waals surface area contributed by atoms with Crippen molar-refractivity contribution >= 4 is 0 Å². The van der Waals surface area contributed by atoms with E-state index in [-0.39, 0.29) is 6.61 Å². The minimum atomic E-state index is -0.0281. The molecule has 0 amide bonds. The zero-order chi connectivity index (χ0) is 6.69. The monoisotopic (exact) mass is 124 g/mol. The van der Waals surface area contributed by atoms with Gasteiger partial charge in [0.05, 0.1) is 12.3 Å². The lowest BCUT2D eigenvalue weighted by Crippen LogP contribution is -1.94. The lowest BCUT2D eigenvalue weighted by molar-refractivity contribution is 0.274. The molecule has 1 aromatic rings. The van der Waals surface area contributed by atoms with E-state index in [0.29, 0.717) is 5.69 Å². The molecule has 48 valence electrons. The van der Waals surface area contributed by atoms with E-state index >= 15 is 0 Å². The van der Waals surface area contributed by atoms with E-state index in [0.717, 1.165) is 5.56 Å². The third-order valence-electron chi connectivity index (χ3n) is 1.17. The van der Waals surface area contributed by atoms with E-state index < -0.39 is 0 Å². The van der Waals surface area contributed by atoms with Gasteiger partial charge in [0, 0.05) is 6.20 Å². The van der Waals surface area contributed by atoms with Crippen LogP contribution in [0.25, 0.3) is 0 Å². The summed E-state index contributed by atoms with van der Waals surface area (Å²) in [4.78, 5) is 0. The van der Waals surface area contributed by atoms with Gasteiger partial charge in [-0.1, -0.05) is 0 Å². The van der Waals surface area contributed by atoms with Crippen LogP contribution in [0.15, 0.2) is 12.3 Å². The molecule has 0 saturated carbocycles. The van der Waals surface area contributed by atoms with E-state index in [9.17, 15) is 0 Å². The number of aliphatic hydroxyl groups excluding tert-OH is 1. The number of hydrogen-bond acceptors (Lipinski definition) is 3. The minimum Gasteiger partial charge on any atom is -0.390 e. The first kappa shape index (κ1) is 6.16. The largest absolute Gasteiger partial charge is 0.390 e. The van der Waals surface area contributed by atoms with Gasteiger partial charge in [-0.2, -0.15) is 10.2 Å². The Hall–Kier alpha value is -0.960. The molecule has 0 radical (unpaired) electrons. The fourth-order valence-corrected chi connectivity index (χ4v) is 0.580. The summed E-state index contributed by atoms with van der Waals surface area (Å²) in [6.07, 6.45) is 1.61. The Kier molecular flexibility index (Phi) is 1.75. The fraction of sp³-hybridized carbons (Fsp3) is 0.333. The summed E-state index contributed by atoms with van der Waals surface area (Å²) in [6, 6.07) is 1.82. The summed E-state index contributed by atoms with van der Waals surface area (Å²) in [5, 5.41) is 15.9. The molecular weight excluding hydrogens is 116 g/mol. The van der Waals surface area contributed by atoms with Crippen LogP contribution in [0.5, 0.6) is 0 Å². The predicted octanol–water partition coefficient (Wildman–Crippen LogP) is 0.277. The smallest absolute Gasteiger partial charge is 0.0914 e. The number of rotatable bonds is 1. The standard InChI is InChI=1S/C6H8N2O/c1-5-2-3-7-8-6(5)4-9/h2-3,9H,4H2,1H3. The van der Waals surface area contributed by atoms with Crippen molar-refractivity contribution in [3.05, 3.63) is 23.5 Å². The lowest BCUT2D eigenvalue weighted by Gasteiger charge is -1.95. The molecule has 0 aliphatic carbocycles. The van der Waals surface area contributed by atoms with Crippen LogP contribution in [0, 0.1) is 6.92 Å². The third kappa shape index (κ3) is 1.23. The molecule has 1 aromatic heterocycles. The summed E-state index contributed by atoms with van der Waals surface area (Å²) in [6.45, 7) is 1.86. The van der Waals surface area contributed by atoms with Gasteiger partial charge in [0.1, 0.15) is 0 Å². The maximum atomic E-state index is 8.62. The van der Waals surface area contributed by atoms with Gasteiger partial charge < -0.3 is 5.11 Å². The average molecular weight is 124 g/mol. The van der Waals surface area contributed by atoms with Crippen LogP contribution < -0.4 is 0 Å². The van der Waals surface area contributed by atoms with Crippen LogP contribution >= 0.6 is 0 Å². The molecule has 9 heavy (non-hydrogen) atoms. The van der Waals surface area contributed by atoms with Crippen molar-refractivity contribution in [1.82, 2.24) is 10.2 Å². The molecule has 0 bridgehead atoms. The van der Waals surface area contributed by atoms with Gasteiger partial charge in [-0.3, -0.25) is 0 Å². The molecule has 1 N–H and O–H groups in total. The second-order valence-corrected chi connectivity index (χ2v) is 1.82. The van der Waals surface area contributed by atoms with Crippen molar-refractivity contribution in [2.45, 2.75) is 13.5 Å². The topological polar surface area (TPSA) is 46.0 Å². The van der Waals surface area contributed by atoms with Crippen LogP contribution in [0.1, 0.15) is 11.3 Å². The Morgan fingerprint density at radius 3 is 2.89 bits per heavy atom. The van der Waals surface area contributed by atoms with Crippen molar-refractivity contribution < 1.29 is 5.11 Å². The summed E-state index contributed by atoms with van der Waals surface area (Å²) >= 11 is 0. The Balaban J connectivity index is 3.01. The third-order valence-corrected chi connectivity index (χ3v) is 1.17. The van der Waals surface area contributed by atoms with Gasteiger partial charge in [-0.05, 0) is 18.6 Å². The maximum absolute atomic E-state index is 8.62. The van der Waals surface area contributed by atoms with Crippen LogP contribution in [0.4, 0.5) is 0 Å². The van der Waals surface area contributed by atoms with Crippen LogP contribution in [0.2, 0.25) is 0 Å². The average Bonchev–Trinajstić information content (AvgIpc) is 1.89. The first-order valence-corrected chi connectivity index (χ1v) is 2.72. The first-order valence-electron chi connectivity index (χ1n) is 2.72. The zero-order valence-corrected chi connectivity index (χ0v) is 5.20. The van der Waals surface area contributed by atoms with Gasteiger partial charge in [-0.25, -0.2) is 0 Å². The van der Waals surface area contributed by atoms with E-state index in [1.165, 1.54) is 0 Å². The summed E-state index contributed by atoms with van der Waals surface area (Å²) in [5.41, 5.74) is 1.63. The van der Waals surface area contributed by atoms with Gasteiger partial charge in [0.25, 0.3) is 0 Å². The van der Waals surface area contributed by atoms with Crippen LogP contribution in [-0.2, 0) is 6.61 Å². The molecule has 3 nitrogen and oxygen atoms in total. The van der Waals surface area contributed by atoms with Gasteiger partial charge in [0.15, 0.2) is 0 Å². The van der Waals surface area contributed by atoms with Crippen molar-refractivity contribution in [3.8, 4) is 0 Å². The fourth-order valence-electron chi connectivity index (χ4n) is 0.580. The van der Waals surface area contributed by atoms with Gasteiger partial charge in [0.2, 0.25) is 0 Å². The zero-order valence-electron chi connectivity index (χ0n) is 5.20. The summed E-state index contributed by atoms with van der Waals surface area (Å²) in [7, 11) is 0. The second kappa shape index (κ2) is 2.55. The van der Waals surface area contributed by atoms with Crippen LogP contribution in [0.3, 0.4) is 0 Å². The first-order chi connectivity index (χ1) is 4.34. The van der Waals surface area contributed by atoms with E-state index in [1.54, 1.807) is 6.20 Å². The quantitative estimate of drug-likeness (QED) is 0.584. The Morgan fingerprint density at radius 2 is 2.44 bits per heavy atom. The summed E-state index contributed by atoms with van der Waals surface area (Å²) < 4.78 is 0. The van der Waals surface area contributed by atoms with E-state index in [4.69, 9.17) is 5.11 Å². The summed E-state index contributed by atoms with van der Waals surface area (Å²) in [5.74, 6) is 0. The Morgan fingerprint density at radius 1 is 1.67 bits per heavy atom. The molecule has 0 aliphatic rings. The van der Waals surface area contributed by atoms with Crippen molar-refractivity contribution in [3.63, 3.8) is 0 Å². The number of aliphatic hydroxyl groups is 1. The molecule has 0 saturated heterocycles. The van der Waals surface area contributed by atoms with Crippen LogP contribution in [-0.4, -0.2) is 15.3 Å². The normalized spacial score (nSPS) is 9.56. The lowest BCUT2D eigenvalue weighted by atomic mass is 10.2. The highest BCUT2D eigenvalue weighted by Gasteiger charge is 1.93. The molecule has 0 aromatic carbocycles. The number of hydrogen-bond donors (Lipinski definition) is 1. The van der Waals surface area contributed by atoms with Crippen molar-refractivity contribution in [1.29, 1.82) is 0 Å². The molecule has 3 heteroatoms. The second-order valence-electron chi connectivity index (χ2n) is 1.82. The highest BCUT2D eigenvalue weighted by atomic mass is 16.3. The molecule has 0 spiro atoms. The number of aromatic nitrogens is 2. The highest BCUT2D eigenvalue weighted by molar-refractivity contribution is 5.13. The van der Waals surface area contributed by atoms with Crippen molar-refractivity contribution in [2.24, 2.45) is 0 Å². The van der Waals surface area contributed by atoms with Crippen molar-refractivity contribution in [2.75, 3.05) is 0 Å². The minimum absolute atomic E-state index is 0.0281. The molecule has 0 fully saturated rings. The maximum Gasteiger partial charge on any atom is 0.0914 e. The van der Waals surface area contributed by atoms with E-state index in [2.05, 4.69) is 10.2 Å². The molecule has 0 atom stereocenters. The molecule has 0 unspecified atom stereocenters. The molecule has 1 heterocycles. The number of aryl methyl sites for hydroxylation is 1. The predicted molar refractivity (Wildman–Crippen MR) is 32.7 cm³/mol. The Bertz CT molecular complexity index is 200. The molecule has 0 aliphatic heterocycles.